The quantitative estimate of drug-likeness (QED) is 0.212. The summed E-state index contributed by atoms with van der Waals surface area (Å²) < 4.78 is 0. The Hall–Kier alpha value is -3.96. The number of urea groups is 1. The molecular weight excluding hydrogens is 614 g/mol. The number of carbonyl (C=O) groups excluding carboxylic acids is 5. The molecule has 5 N–H and O–H groups in total. The molecule has 0 aromatic heterocycles. The number of rotatable bonds is 12. The lowest BCUT2D eigenvalue weighted by molar-refractivity contribution is -0.145. The number of nitrogens with zero attached hydrogens (tertiary/aromatic N) is 1. The van der Waals surface area contributed by atoms with E-state index >= 15 is 0 Å². The summed E-state index contributed by atoms with van der Waals surface area (Å²) in [6.07, 6.45) is 2.15. The van der Waals surface area contributed by atoms with Crippen LogP contribution in [-0.2, 0) is 24.0 Å². The SMILES string of the molecule is C[C@H](NC(=O)C(=O)C(CC1CC1)NC(=O)[C@@H]1[C@@H]2[C@H](CN1C(=O)[C@@H](NC(=O)N[C@H](C(=O)O)C(C)(C)C)C(C)(C)C)C2(C)C)c1ccccc1. The first kappa shape index (κ1) is 36.9. The van der Waals surface area contributed by atoms with Gasteiger partial charge in [-0.05, 0) is 52.9 Å². The second kappa shape index (κ2) is 13.5. The molecule has 2 aliphatic carbocycles. The topological polar surface area (TPSA) is 174 Å². The molecule has 0 spiro atoms. The standard InChI is InChI=1S/C36H53N5O7/c1-19(21-13-11-10-12-14-21)37-30(44)26(42)23(17-20-15-16-20)38-29(43)25-24-22(36(24,8)9)18-41(25)31(45)27(34(2,3)4)39-33(48)40-28(32(46)47)35(5,6)7/h10-14,19-20,22-25,27-28H,15-18H2,1-9H3,(H,37,44)(H,38,43)(H,46,47)(H2,39,40,48)/t19-,22-,23?,24-,25-,27+,28+/m0/s1. The zero-order valence-electron chi connectivity index (χ0n) is 29.7. The zero-order valence-corrected chi connectivity index (χ0v) is 29.7. The molecule has 12 nitrogen and oxygen atoms in total. The molecule has 1 aliphatic heterocycles. The van der Waals surface area contributed by atoms with Crippen LogP contribution in [0.3, 0.4) is 0 Å². The Morgan fingerprint density at radius 1 is 0.875 bits per heavy atom. The number of fused-ring (bicyclic) bond motifs is 1. The van der Waals surface area contributed by atoms with E-state index in [1.165, 1.54) is 4.90 Å². The van der Waals surface area contributed by atoms with Crippen LogP contribution in [0.15, 0.2) is 30.3 Å². The van der Waals surface area contributed by atoms with Crippen molar-refractivity contribution in [2.24, 2.45) is 34.0 Å². The number of hydrogen-bond acceptors (Lipinski definition) is 6. The first-order valence-electron chi connectivity index (χ1n) is 16.9. The number of piperidine rings is 1. The highest BCUT2D eigenvalue weighted by Gasteiger charge is 2.70. The number of nitrogens with one attached hydrogen (secondary N) is 4. The van der Waals surface area contributed by atoms with Crippen LogP contribution in [0.2, 0.25) is 0 Å². The Kier molecular flexibility index (Phi) is 10.4. The van der Waals surface area contributed by atoms with Crippen molar-refractivity contribution in [3.63, 3.8) is 0 Å². The van der Waals surface area contributed by atoms with Crippen molar-refractivity contribution >= 4 is 35.5 Å². The number of aliphatic carboxylic acids is 1. The molecule has 1 heterocycles. The van der Waals surface area contributed by atoms with E-state index in [0.717, 1.165) is 18.4 Å². The molecular formula is C36H53N5O7. The first-order valence-corrected chi connectivity index (χ1v) is 16.9. The minimum absolute atomic E-state index is 0.0385. The molecule has 0 bridgehead atoms. The van der Waals surface area contributed by atoms with Gasteiger partial charge in [-0.3, -0.25) is 19.2 Å². The number of likely N-dealkylation sites (tertiary alicyclic amines) is 1. The van der Waals surface area contributed by atoms with E-state index in [9.17, 15) is 33.9 Å². The largest absolute Gasteiger partial charge is 0.480 e. The van der Waals surface area contributed by atoms with Crippen molar-refractivity contribution in [3.05, 3.63) is 35.9 Å². The summed E-state index contributed by atoms with van der Waals surface area (Å²) in [7, 11) is 0. The molecule has 48 heavy (non-hydrogen) atoms. The molecule has 2 saturated carbocycles. The van der Waals surface area contributed by atoms with Gasteiger partial charge in [0.2, 0.25) is 17.6 Å². The maximum atomic E-state index is 14.3. The fourth-order valence-corrected chi connectivity index (χ4v) is 7.01. The van der Waals surface area contributed by atoms with E-state index in [4.69, 9.17) is 0 Å². The molecule has 0 radical (unpaired) electrons. The lowest BCUT2D eigenvalue weighted by Gasteiger charge is -2.38. The third kappa shape index (κ3) is 8.18. The Labute approximate surface area is 283 Å². The van der Waals surface area contributed by atoms with Gasteiger partial charge in [-0.25, -0.2) is 9.59 Å². The van der Waals surface area contributed by atoms with Crippen molar-refractivity contribution in [1.82, 2.24) is 26.2 Å². The van der Waals surface area contributed by atoms with E-state index in [1.807, 2.05) is 44.2 Å². The van der Waals surface area contributed by atoms with Gasteiger partial charge in [0.05, 0.1) is 12.1 Å². The van der Waals surface area contributed by atoms with Crippen molar-refractivity contribution < 1.29 is 33.9 Å². The highest BCUT2D eigenvalue weighted by molar-refractivity contribution is 6.38. The molecule has 1 aromatic rings. The summed E-state index contributed by atoms with van der Waals surface area (Å²) in [6.45, 7) is 16.6. The molecule has 4 rings (SSSR count). The Balaban J connectivity index is 1.53. The summed E-state index contributed by atoms with van der Waals surface area (Å²) in [4.78, 5) is 81.6. The molecule has 1 aromatic carbocycles. The van der Waals surface area contributed by atoms with Crippen LogP contribution in [-0.4, -0.2) is 76.2 Å². The van der Waals surface area contributed by atoms with E-state index in [1.54, 1.807) is 48.5 Å². The molecule has 7 atom stereocenters. The minimum Gasteiger partial charge on any atom is -0.480 e. The number of Topliss-reactive ketones (excluding diaryl/α,β-unsaturated/α-hetero) is 1. The van der Waals surface area contributed by atoms with E-state index in [2.05, 4.69) is 21.3 Å². The van der Waals surface area contributed by atoms with Crippen LogP contribution in [0.1, 0.15) is 93.2 Å². The lowest BCUT2D eigenvalue weighted by atomic mass is 9.85. The Morgan fingerprint density at radius 3 is 1.96 bits per heavy atom. The fourth-order valence-electron chi connectivity index (χ4n) is 7.01. The first-order chi connectivity index (χ1) is 22.1. The predicted octanol–water partition coefficient (Wildman–Crippen LogP) is 3.41. The van der Waals surface area contributed by atoms with Crippen LogP contribution >= 0.6 is 0 Å². The van der Waals surface area contributed by atoms with Crippen LogP contribution in [0.25, 0.3) is 0 Å². The zero-order chi connectivity index (χ0) is 35.9. The summed E-state index contributed by atoms with van der Waals surface area (Å²) in [5, 5.41) is 20.5. The molecule has 3 fully saturated rings. The van der Waals surface area contributed by atoms with Crippen LogP contribution < -0.4 is 21.3 Å². The predicted molar refractivity (Wildman–Crippen MR) is 179 cm³/mol. The highest BCUT2D eigenvalue weighted by atomic mass is 16.4. The van der Waals surface area contributed by atoms with Gasteiger partial charge in [-0.2, -0.15) is 0 Å². The van der Waals surface area contributed by atoms with Gasteiger partial charge in [-0.15, -0.1) is 0 Å². The van der Waals surface area contributed by atoms with Gasteiger partial charge < -0.3 is 31.3 Å². The maximum absolute atomic E-state index is 14.3. The number of carbonyl (C=O) groups is 6. The molecule has 1 unspecified atom stereocenters. The average Bonchev–Trinajstić information content (AvgIpc) is 3.84. The molecule has 264 valence electrons. The smallest absolute Gasteiger partial charge is 0.326 e. The lowest BCUT2D eigenvalue weighted by Crippen LogP contribution is -2.62. The second-order valence-corrected chi connectivity index (χ2v) is 16.7. The number of carboxylic acid groups (broad SMARTS) is 1. The maximum Gasteiger partial charge on any atom is 0.326 e. The second-order valence-electron chi connectivity index (χ2n) is 16.7. The number of benzene rings is 1. The number of hydrogen-bond donors (Lipinski definition) is 5. The van der Waals surface area contributed by atoms with Gasteiger partial charge >= 0.3 is 12.0 Å². The molecule has 5 amide bonds. The van der Waals surface area contributed by atoms with Gasteiger partial charge in [0.1, 0.15) is 18.1 Å². The van der Waals surface area contributed by atoms with E-state index in [-0.39, 0.29) is 23.2 Å². The monoisotopic (exact) mass is 667 g/mol. The summed E-state index contributed by atoms with van der Waals surface area (Å²) >= 11 is 0. The van der Waals surface area contributed by atoms with E-state index in [0.29, 0.717) is 13.0 Å². The van der Waals surface area contributed by atoms with Gasteiger partial charge in [0.25, 0.3) is 5.91 Å². The van der Waals surface area contributed by atoms with Crippen molar-refractivity contribution in [3.8, 4) is 0 Å². The summed E-state index contributed by atoms with van der Waals surface area (Å²) in [6, 6.07) is 3.82. The average molecular weight is 668 g/mol. The fraction of sp³-hybridized carbons (Fsp3) is 0.667. The van der Waals surface area contributed by atoms with Gasteiger partial charge in [-0.1, -0.05) is 98.6 Å². The normalized spacial score (nSPS) is 23.9. The van der Waals surface area contributed by atoms with Crippen molar-refractivity contribution in [1.29, 1.82) is 0 Å². The summed E-state index contributed by atoms with van der Waals surface area (Å²) in [5.41, 5.74) is -0.965. The number of amides is 5. The van der Waals surface area contributed by atoms with Crippen molar-refractivity contribution in [2.45, 2.75) is 112 Å². The number of ketones is 1. The van der Waals surface area contributed by atoms with Crippen molar-refractivity contribution in [2.75, 3.05) is 6.54 Å². The highest BCUT2D eigenvalue weighted by Crippen LogP contribution is 2.65. The third-order valence-electron chi connectivity index (χ3n) is 10.3. The van der Waals surface area contributed by atoms with Crippen LogP contribution in [0.5, 0.6) is 0 Å². The van der Waals surface area contributed by atoms with Crippen LogP contribution in [0.4, 0.5) is 4.79 Å². The minimum atomic E-state index is -1.21. The van der Waals surface area contributed by atoms with Crippen LogP contribution in [0, 0.1) is 34.0 Å². The van der Waals surface area contributed by atoms with E-state index < -0.39 is 76.5 Å². The Morgan fingerprint density at radius 2 is 1.44 bits per heavy atom. The van der Waals surface area contributed by atoms with Gasteiger partial charge in [0, 0.05) is 6.54 Å². The summed E-state index contributed by atoms with van der Waals surface area (Å²) in [5.74, 6) is -3.58. The van der Waals surface area contributed by atoms with Gasteiger partial charge in [0.15, 0.2) is 0 Å². The molecule has 3 aliphatic rings. The Bertz CT molecular complexity index is 1430. The number of carboxylic acids is 1. The molecule has 1 saturated heterocycles. The third-order valence-corrected chi connectivity index (χ3v) is 10.3. The molecule has 12 heteroatoms.